The molecule has 1 amide bonds. The fourth-order valence-corrected chi connectivity index (χ4v) is 1.74. The van der Waals surface area contributed by atoms with Gasteiger partial charge < -0.3 is 19.8 Å². The van der Waals surface area contributed by atoms with Crippen LogP contribution >= 0.6 is 0 Å². The molecule has 0 bridgehead atoms. The number of hydrogen-bond acceptors (Lipinski definition) is 4. The molecule has 1 atom stereocenters. The number of amides is 1. The van der Waals surface area contributed by atoms with Crippen LogP contribution in [0.2, 0.25) is 0 Å². The van der Waals surface area contributed by atoms with Crippen LogP contribution in [0.5, 0.6) is 0 Å². The molecule has 0 aromatic rings. The number of carbonyl (C=O) groups is 2. The maximum Gasteiger partial charge on any atom is 0.407 e. The molecule has 1 unspecified atom stereocenters. The van der Waals surface area contributed by atoms with Crippen LogP contribution in [-0.2, 0) is 9.53 Å². The van der Waals surface area contributed by atoms with Gasteiger partial charge in [-0.1, -0.05) is 0 Å². The maximum absolute atomic E-state index is 11.8. The van der Waals surface area contributed by atoms with Gasteiger partial charge in [-0.05, 0) is 33.6 Å². The Morgan fingerprint density at radius 1 is 1.35 bits per heavy atom. The average Bonchev–Trinajstić information content (AvgIpc) is 2.15. The van der Waals surface area contributed by atoms with E-state index in [1.807, 2.05) is 0 Å². The van der Waals surface area contributed by atoms with Crippen molar-refractivity contribution in [3.8, 4) is 0 Å². The first kappa shape index (κ1) is 13.8. The number of esters is 1. The molecule has 1 saturated heterocycles. The van der Waals surface area contributed by atoms with Gasteiger partial charge in [0.05, 0.1) is 6.54 Å². The van der Waals surface area contributed by atoms with E-state index in [0.717, 1.165) is 4.90 Å². The predicted molar refractivity (Wildman–Crippen MR) is 59.6 cm³/mol. The smallest absolute Gasteiger partial charge is 0.407 e. The molecule has 1 aliphatic rings. The third kappa shape index (κ3) is 3.59. The Kier molecular flexibility index (Phi) is 3.66. The van der Waals surface area contributed by atoms with Crippen LogP contribution in [0.4, 0.5) is 4.79 Å². The lowest BCUT2D eigenvalue weighted by molar-refractivity contribution is -0.181. The van der Waals surface area contributed by atoms with Crippen LogP contribution in [0.3, 0.4) is 0 Å². The van der Waals surface area contributed by atoms with Crippen molar-refractivity contribution in [2.75, 3.05) is 13.1 Å². The molecule has 0 aliphatic carbocycles. The van der Waals surface area contributed by atoms with Gasteiger partial charge in [-0.3, -0.25) is 0 Å². The summed E-state index contributed by atoms with van der Waals surface area (Å²) in [5.74, 6) is -0.754. The summed E-state index contributed by atoms with van der Waals surface area (Å²) in [6.45, 7) is 5.21. The summed E-state index contributed by atoms with van der Waals surface area (Å²) in [7, 11) is 0. The van der Waals surface area contributed by atoms with Crippen molar-refractivity contribution in [2.24, 2.45) is 0 Å². The van der Waals surface area contributed by atoms with E-state index in [2.05, 4.69) is 0 Å². The maximum atomic E-state index is 11.8. The summed E-state index contributed by atoms with van der Waals surface area (Å²) >= 11 is 0. The number of rotatable bonds is 1. The van der Waals surface area contributed by atoms with E-state index in [4.69, 9.17) is 9.84 Å². The van der Waals surface area contributed by atoms with Crippen molar-refractivity contribution in [3.63, 3.8) is 0 Å². The lowest BCUT2D eigenvalue weighted by atomic mass is 9.93. The first-order valence-corrected chi connectivity index (χ1v) is 5.58. The Balaban J connectivity index is 2.73. The van der Waals surface area contributed by atoms with E-state index in [-0.39, 0.29) is 13.0 Å². The number of piperidine rings is 1. The van der Waals surface area contributed by atoms with Gasteiger partial charge in [-0.15, -0.1) is 0 Å². The fourth-order valence-electron chi connectivity index (χ4n) is 1.74. The monoisotopic (exact) mass is 245 g/mol. The van der Waals surface area contributed by atoms with E-state index in [1.54, 1.807) is 20.8 Å². The Morgan fingerprint density at radius 3 is 2.41 bits per heavy atom. The highest BCUT2D eigenvalue weighted by Gasteiger charge is 2.44. The van der Waals surface area contributed by atoms with Crippen LogP contribution in [0.15, 0.2) is 0 Å². The van der Waals surface area contributed by atoms with E-state index in [0.29, 0.717) is 13.0 Å². The third-order valence-corrected chi connectivity index (χ3v) is 2.52. The molecular formula is C11H19NO5. The average molecular weight is 245 g/mol. The molecule has 1 aliphatic heterocycles. The summed E-state index contributed by atoms with van der Waals surface area (Å²) in [6.07, 6.45) is -0.458. The quantitative estimate of drug-likeness (QED) is 0.668. The van der Waals surface area contributed by atoms with Gasteiger partial charge in [0, 0.05) is 6.54 Å². The van der Waals surface area contributed by atoms with Crippen molar-refractivity contribution in [2.45, 2.75) is 44.8 Å². The van der Waals surface area contributed by atoms with Crippen LogP contribution in [0.25, 0.3) is 0 Å². The highest BCUT2D eigenvalue weighted by atomic mass is 16.6. The normalized spacial score (nSPS) is 25.5. The van der Waals surface area contributed by atoms with E-state index in [1.165, 1.54) is 0 Å². The standard InChI is InChI=1S/C11H19NO5/c1-10(2,3)17-8(13)11(16)5-4-6-12(7-11)9(14)15/h16H,4-7H2,1-3H3,(H,14,15). The molecule has 0 radical (unpaired) electrons. The molecule has 17 heavy (non-hydrogen) atoms. The summed E-state index contributed by atoms with van der Waals surface area (Å²) < 4.78 is 5.10. The lowest BCUT2D eigenvalue weighted by Crippen LogP contribution is -2.56. The molecule has 1 rings (SSSR count). The number of ether oxygens (including phenoxy) is 1. The van der Waals surface area contributed by atoms with Crippen molar-refractivity contribution in [1.29, 1.82) is 0 Å². The second-order valence-electron chi connectivity index (χ2n) is 5.34. The van der Waals surface area contributed by atoms with Gasteiger partial charge in [-0.25, -0.2) is 9.59 Å². The van der Waals surface area contributed by atoms with Crippen molar-refractivity contribution in [3.05, 3.63) is 0 Å². The van der Waals surface area contributed by atoms with E-state index >= 15 is 0 Å². The van der Waals surface area contributed by atoms with Crippen molar-refractivity contribution in [1.82, 2.24) is 4.90 Å². The summed E-state index contributed by atoms with van der Waals surface area (Å²) in [4.78, 5) is 23.7. The third-order valence-electron chi connectivity index (χ3n) is 2.52. The second-order valence-corrected chi connectivity index (χ2v) is 5.34. The topological polar surface area (TPSA) is 87.1 Å². The molecule has 6 heteroatoms. The molecule has 0 aromatic carbocycles. The predicted octanol–water partition coefficient (Wildman–Crippen LogP) is 0.833. The minimum absolute atomic E-state index is 0.225. The number of carboxylic acid groups (broad SMARTS) is 1. The number of carbonyl (C=O) groups excluding carboxylic acids is 1. The van der Waals surface area contributed by atoms with E-state index < -0.39 is 23.3 Å². The summed E-state index contributed by atoms with van der Waals surface area (Å²) in [5, 5.41) is 19.0. The molecule has 98 valence electrons. The molecule has 0 spiro atoms. The summed E-state index contributed by atoms with van der Waals surface area (Å²) in [6, 6.07) is 0. The van der Waals surface area contributed by atoms with Gasteiger partial charge >= 0.3 is 12.1 Å². The zero-order valence-corrected chi connectivity index (χ0v) is 10.4. The molecule has 2 N–H and O–H groups in total. The van der Waals surface area contributed by atoms with Crippen molar-refractivity contribution < 1.29 is 24.5 Å². The zero-order chi connectivity index (χ0) is 13.3. The number of aliphatic hydroxyl groups is 1. The first-order chi connectivity index (χ1) is 7.64. The van der Waals surface area contributed by atoms with Gasteiger partial charge in [0.25, 0.3) is 0 Å². The highest BCUT2D eigenvalue weighted by molar-refractivity contribution is 5.81. The molecule has 1 heterocycles. The highest BCUT2D eigenvalue weighted by Crippen LogP contribution is 2.24. The Morgan fingerprint density at radius 2 is 1.94 bits per heavy atom. The molecule has 1 fully saturated rings. The number of nitrogens with zero attached hydrogens (tertiary/aromatic N) is 1. The molecule has 0 saturated carbocycles. The molecule has 0 aromatic heterocycles. The van der Waals surface area contributed by atoms with Gasteiger partial charge in [0.15, 0.2) is 5.60 Å². The fraction of sp³-hybridized carbons (Fsp3) is 0.818. The van der Waals surface area contributed by atoms with Crippen LogP contribution < -0.4 is 0 Å². The van der Waals surface area contributed by atoms with Crippen molar-refractivity contribution >= 4 is 12.1 Å². The Bertz CT molecular complexity index is 322. The molecule has 6 nitrogen and oxygen atoms in total. The minimum Gasteiger partial charge on any atom is -0.465 e. The number of β-amino-alcohol motifs (C(OH)–C–C–N with tert-alkyl or cyclic N) is 1. The Labute approximate surface area is 100 Å². The summed E-state index contributed by atoms with van der Waals surface area (Å²) in [5.41, 5.74) is -2.41. The molecular weight excluding hydrogens is 226 g/mol. The SMILES string of the molecule is CC(C)(C)OC(=O)C1(O)CCCN(C(=O)O)C1. The van der Waals surface area contributed by atoms with Gasteiger partial charge in [0.2, 0.25) is 0 Å². The van der Waals surface area contributed by atoms with Crippen LogP contribution in [-0.4, -0.2) is 51.5 Å². The number of likely N-dealkylation sites (tertiary alicyclic amines) is 1. The first-order valence-electron chi connectivity index (χ1n) is 5.58. The lowest BCUT2D eigenvalue weighted by Gasteiger charge is -2.37. The van der Waals surface area contributed by atoms with Gasteiger partial charge in [0.1, 0.15) is 5.60 Å². The Hall–Kier alpha value is -1.30. The second kappa shape index (κ2) is 4.52. The number of hydrogen-bond donors (Lipinski definition) is 2. The van der Waals surface area contributed by atoms with Crippen LogP contribution in [0.1, 0.15) is 33.6 Å². The minimum atomic E-state index is -1.72. The zero-order valence-electron chi connectivity index (χ0n) is 10.4. The van der Waals surface area contributed by atoms with Gasteiger partial charge in [-0.2, -0.15) is 0 Å². The van der Waals surface area contributed by atoms with Crippen LogP contribution in [0, 0.1) is 0 Å². The largest absolute Gasteiger partial charge is 0.465 e. The van der Waals surface area contributed by atoms with E-state index in [9.17, 15) is 14.7 Å².